The van der Waals surface area contributed by atoms with Crippen LogP contribution >= 0.6 is 0 Å². The molecule has 0 fully saturated rings. The summed E-state index contributed by atoms with van der Waals surface area (Å²) in [6, 6.07) is 27.4. The molecule has 8 nitrogen and oxygen atoms in total. The van der Waals surface area contributed by atoms with Crippen LogP contribution in [-0.4, -0.2) is 35.9 Å². The summed E-state index contributed by atoms with van der Waals surface area (Å²) in [5.74, 6) is -0.212. The van der Waals surface area contributed by atoms with Gasteiger partial charge < -0.3 is 5.32 Å². The predicted molar refractivity (Wildman–Crippen MR) is 124 cm³/mol. The van der Waals surface area contributed by atoms with Crippen LogP contribution in [0.25, 0.3) is 16.9 Å². The Balaban J connectivity index is 1.41. The highest BCUT2D eigenvalue weighted by molar-refractivity contribution is 5.97. The summed E-state index contributed by atoms with van der Waals surface area (Å²) in [4.78, 5) is 13.1. The molecule has 33 heavy (non-hydrogen) atoms. The van der Waals surface area contributed by atoms with Gasteiger partial charge in [-0.25, -0.2) is 0 Å². The average Bonchev–Trinajstić information content (AvgIpc) is 3.54. The Morgan fingerprint density at radius 3 is 2.36 bits per heavy atom. The second-order valence-electron chi connectivity index (χ2n) is 7.51. The van der Waals surface area contributed by atoms with Gasteiger partial charge in [0.05, 0.1) is 23.5 Å². The van der Waals surface area contributed by atoms with Gasteiger partial charge in [-0.15, -0.1) is 5.10 Å². The summed E-state index contributed by atoms with van der Waals surface area (Å²) >= 11 is 0. The lowest BCUT2D eigenvalue weighted by Crippen LogP contribution is -2.24. The first-order valence-corrected chi connectivity index (χ1v) is 10.5. The number of nitrogens with one attached hydrogen (secondary N) is 1. The van der Waals surface area contributed by atoms with Crippen LogP contribution in [-0.2, 0) is 13.1 Å². The van der Waals surface area contributed by atoms with E-state index in [9.17, 15) is 4.79 Å². The van der Waals surface area contributed by atoms with E-state index in [0.717, 1.165) is 22.4 Å². The molecule has 0 unspecified atom stereocenters. The van der Waals surface area contributed by atoms with Crippen LogP contribution in [0.1, 0.15) is 21.5 Å². The zero-order valence-electron chi connectivity index (χ0n) is 17.7. The predicted octanol–water partition coefficient (Wildman–Crippen LogP) is 3.50. The highest BCUT2D eigenvalue weighted by Crippen LogP contribution is 2.23. The molecular weight excluding hydrogens is 414 g/mol. The van der Waals surface area contributed by atoms with Crippen molar-refractivity contribution < 1.29 is 4.79 Å². The minimum absolute atomic E-state index is 0.212. The number of carbonyl (C=O) groups is 1. The Morgan fingerprint density at radius 1 is 0.879 bits per heavy atom. The largest absolute Gasteiger partial charge is 0.348 e. The van der Waals surface area contributed by atoms with Crippen molar-refractivity contribution in [2.24, 2.45) is 0 Å². The summed E-state index contributed by atoms with van der Waals surface area (Å²) in [5, 5.41) is 19.1. The number of aromatic nitrogens is 6. The first-order chi connectivity index (χ1) is 16.3. The highest BCUT2D eigenvalue weighted by Gasteiger charge is 2.16. The maximum Gasteiger partial charge on any atom is 0.253 e. The molecule has 8 heteroatoms. The summed E-state index contributed by atoms with van der Waals surface area (Å²) in [6.07, 6.45) is 3.45. The average molecular weight is 435 g/mol. The summed E-state index contributed by atoms with van der Waals surface area (Å²) < 4.78 is 3.39. The molecule has 0 radical (unpaired) electrons. The van der Waals surface area contributed by atoms with Crippen LogP contribution in [0.5, 0.6) is 0 Å². The zero-order chi connectivity index (χ0) is 22.5. The molecule has 0 aliphatic carbocycles. The van der Waals surface area contributed by atoms with E-state index < -0.39 is 0 Å². The lowest BCUT2D eigenvalue weighted by molar-refractivity contribution is 0.0951. The molecule has 5 aromatic rings. The van der Waals surface area contributed by atoms with Crippen molar-refractivity contribution >= 4 is 5.91 Å². The molecule has 0 spiro atoms. The number of para-hydroxylation sites is 1. The van der Waals surface area contributed by atoms with E-state index >= 15 is 0 Å². The van der Waals surface area contributed by atoms with Crippen LogP contribution in [0.2, 0.25) is 0 Å². The van der Waals surface area contributed by atoms with Gasteiger partial charge in [-0.2, -0.15) is 9.78 Å². The molecule has 0 atom stereocenters. The van der Waals surface area contributed by atoms with E-state index in [2.05, 4.69) is 33.0 Å². The number of hydrogen-bond acceptors (Lipinski definition) is 5. The van der Waals surface area contributed by atoms with Crippen LogP contribution in [0.3, 0.4) is 0 Å². The second-order valence-corrected chi connectivity index (χ2v) is 7.51. The van der Waals surface area contributed by atoms with E-state index in [1.165, 1.54) is 11.0 Å². The van der Waals surface area contributed by atoms with Crippen molar-refractivity contribution in [2.75, 3.05) is 0 Å². The van der Waals surface area contributed by atoms with Gasteiger partial charge in [0.1, 0.15) is 6.33 Å². The fraction of sp³-hybridized carbons (Fsp3) is 0.0800. The molecule has 3 aromatic carbocycles. The Hall–Kier alpha value is -4.59. The SMILES string of the molecule is O=C(NCc1cn(Cc2ccccc2)nc1-c1ccccc1)c1ccccc1-n1cnnn1. The number of carbonyl (C=O) groups excluding carboxylic acids is 1. The standard InChI is InChI=1S/C25H21N7O/c33-25(22-13-7-8-14-23(22)32-18-27-29-30-32)26-15-21-17-31(16-19-9-3-1-4-10-19)28-24(21)20-11-5-2-6-12-20/h1-14,17-18H,15-16H2,(H,26,33). The summed E-state index contributed by atoms with van der Waals surface area (Å²) in [5.41, 5.74) is 5.05. The first-order valence-electron chi connectivity index (χ1n) is 10.5. The fourth-order valence-corrected chi connectivity index (χ4v) is 3.69. The maximum absolute atomic E-state index is 13.1. The first kappa shape index (κ1) is 20.3. The normalized spacial score (nSPS) is 10.8. The minimum Gasteiger partial charge on any atom is -0.348 e. The third kappa shape index (κ3) is 4.54. The van der Waals surface area contributed by atoms with Crippen LogP contribution < -0.4 is 5.32 Å². The van der Waals surface area contributed by atoms with Gasteiger partial charge in [0, 0.05) is 23.9 Å². The molecule has 2 heterocycles. The number of hydrogen-bond donors (Lipinski definition) is 1. The molecular formula is C25H21N7O. The molecule has 0 saturated carbocycles. The van der Waals surface area contributed by atoms with Gasteiger partial charge in [-0.3, -0.25) is 9.48 Å². The molecule has 162 valence electrons. The zero-order valence-corrected chi connectivity index (χ0v) is 17.7. The van der Waals surface area contributed by atoms with Crippen LogP contribution in [0, 0.1) is 0 Å². The van der Waals surface area contributed by atoms with E-state index in [1.807, 2.05) is 71.5 Å². The van der Waals surface area contributed by atoms with E-state index in [0.29, 0.717) is 24.3 Å². The van der Waals surface area contributed by atoms with Crippen LogP contribution in [0.15, 0.2) is 97.5 Å². The monoisotopic (exact) mass is 435 g/mol. The topological polar surface area (TPSA) is 90.5 Å². The fourth-order valence-electron chi connectivity index (χ4n) is 3.69. The third-order valence-corrected chi connectivity index (χ3v) is 5.26. The number of rotatable bonds is 7. The lowest BCUT2D eigenvalue weighted by atomic mass is 10.1. The molecule has 1 N–H and O–H groups in total. The maximum atomic E-state index is 13.1. The number of benzene rings is 3. The molecule has 0 aliphatic heterocycles. The van der Waals surface area contributed by atoms with Crippen molar-refractivity contribution in [3.63, 3.8) is 0 Å². The van der Waals surface area contributed by atoms with Crippen molar-refractivity contribution in [3.05, 3.63) is 114 Å². The van der Waals surface area contributed by atoms with Crippen molar-refractivity contribution in [3.8, 4) is 16.9 Å². The molecule has 0 aliphatic rings. The Kier molecular flexibility index (Phi) is 5.71. The van der Waals surface area contributed by atoms with Crippen molar-refractivity contribution in [2.45, 2.75) is 13.1 Å². The van der Waals surface area contributed by atoms with E-state index in [4.69, 9.17) is 5.10 Å². The van der Waals surface area contributed by atoms with Gasteiger partial charge in [0.15, 0.2) is 0 Å². The van der Waals surface area contributed by atoms with Crippen LogP contribution in [0.4, 0.5) is 0 Å². The van der Waals surface area contributed by atoms with E-state index in [-0.39, 0.29) is 5.91 Å². The Bertz CT molecular complexity index is 1350. The van der Waals surface area contributed by atoms with Gasteiger partial charge in [-0.1, -0.05) is 72.8 Å². The molecule has 0 bridgehead atoms. The highest BCUT2D eigenvalue weighted by atomic mass is 16.1. The van der Waals surface area contributed by atoms with Gasteiger partial charge >= 0.3 is 0 Å². The van der Waals surface area contributed by atoms with Gasteiger partial charge in [-0.05, 0) is 28.1 Å². The number of nitrogens with zero attached hydrogens (tertiary/aromatic N) is 6. The molecule has 2 aromatic heterocycles. The third-order valence-electron chi connectivity index (χ3n) is 5.26. The molecule has 5 rings (SSSR count). The summed E-state index contributed by atoms with van der Waals surface area (Å²) in [7, 11) is 0. The second kappa shape index (κ2) is 9.27. The number of amides is 1. The Labute approximate surface area is 190 Å². The van der Waals surface area contributed by atoms with Crippen molar-refractivity contribution in [1.29, 1.82) is 0 Å². The lowest BCUT2D eigenvalue weighted by Gasteiger charge is -2.09. The summed E-state index contributed by atoms with van der Waals surface area (Å²) in [6.45, 7) is 0.985. The van der Waals surface area contributed by atoms with Gasteiger partial charge in [0.2, 0.25) is 0 Å². The minimum atomic E-state index is -0.212. The van der Waals surface area contributed by atoms with Gasteiger partial charge in [0.25, 0.3) is 5.91 Å². The smallest absolute Gasteiger partial charge is 0.253 e. The molecule has 1 amide bonds. The van der Waals surface area contributed by atoms with Crippen molar-refractivity contribution in [1.82, 2.24) is 35.3 Å². The Morgan fingerprint density at radius 2 is 1.61 bits per heavy atom. The van der Waals surface area contributed by atoms with E-state index in [1.54, 1.807) is 12.1 Å². The quantitative estimate of drug-likeness (QED) is 0.423. The molecule has 0 saturated heterocycles. The number of tetrazole rings is 1.